The molecule has 1 aliphatic heterocycles. The van der Waals surface area contributed by atoms with Gasteiger partial charge in [-0.15, -0.1) is 0 Å². The maximum absolute atomic E-state index is 5.65. The Bertz CT molecular complexity index is 196. The van der Waals surface area contributed by atoms with Gasteiger partial charge in [0, 0.05) is 13.2 Å². The summed E-state index contributed by atoms with van der Waals surface area (Å²) in [6.07, 6.45) is 6.88. The lowest BCUT2D eigenvalue weighted by Gasteiger charge is -2.22. The van der Waals surface area contributed by atoms with Gasteiger partial charge in [0.05, 0.1) is 0 Å². The van der Waals surface area contributed by atoms with Gasteiger partial charge in [-0.25, -0.2) is 0 Å². The van der Waals surface area contributed by atoms with Gasteiger partial charge in [0.15, 0.2) is 0 Å². The zero-order valence-corrected chi connectivity index (χ0v) is 10.3. The molecule has 0 amide bonds. The fraction of sp³-hybridized carbons (Fsp3) is 0.833. The topological polar surface area (TPSA) is 18.5 Å². The molecule has 1 heterocycles. The Kier molecular flexibility index (Phi) is 6.03. The summed E-state index contributed by atoms with van der Waals surface area (Å²) in [4.78, 5) is 0. The van der Waals surface area contributed by atoms with Gasteiger partial charge >= 0.3 is 7.12 Å². The van der Waals surface area contributed by atoms with Crippen LogP contribution in [0, 0.1) is 5.92 Å². The first-order valence-corrected chi connectivity index (χ1v) is 6.17. The molecule has 0 unspecified atom stereocenters. The third-order valence-corrected chi connectivity index (χ3v) is 2.50. The van der Waals surface area contributed by atoms with E-state index in [1.165, 1.54) is 18.3 Å². The molecular formula is C12H23BO2. The normalized spacial score (nSPS) is 18.7. The molecule has 0 aromatic heterocycles. The number of rotatable bonds is 5. The van der Waals surface area contributed by atoms with E-state index in [1.54, 1.807) is 0 Å². The van der Waals surface area contributed by atoms with Crippen molar-refractivity contribution in [3.05, 3.63) is 11.5 Å². The minimum atomic E-state index is -0.0623. The second-order valence-corrected chi connectivity index (χ2v) is 4.52. The molecule has 0 aliphatic carbocycles. The maximum atomic E-state index is 5.65. The minimum absolute atomic E-state index is 0.0623. The van der Waals surface area contributed by atoms with Gasteiger partial charge in [-0.05, 0) is 24.2 Å². The van der Waals surface area contributed by atoms with Gasteiger partial charge in [-0.3, -0.25) is 0 Å². The molecular weight excluding hydrogens is 187 g/mol. The summed E-state index contributed by atoms with van der Waals surface area (Å²) in [5.41, 5.74) is 1.34. The van der Waals surface area contributed by atoms with Crippen molar-refractivity contribution in [2.24, 2.45) is 5.92 Å². The Balaban J connectivity index is 2.53. The number of unbranched alkanes of at least 4 members (excludes halogenated alkanes) is 1. The van der Waals surface area contributed by atoms with Crippen LogP contribution in [-0.4, -0.2) is 20.3 Å². The zero-order valence-electron chi connectivity index (χ0n) is 10.3. The molecule has 0 atom stereocenters. The predicted molar refractivity (Wildman–Crippen MR) is 64.7 cm³/mol. The van der Waals surface area contributed by atoms with Crippen LogP contribution in [0.25, 0.3) is 0 Å². The third kappa shape index (κ3) is 4.85. The summed E-state index contributed by atoms with van der Waals surface area (Å²) < 4.78 is 11.3. The SMILES string of the molecule is CCCC/C(=C/C(C)C)B1OCCCO1. The molecule has 0 aromatic rings. The van der Waals surface area contributed by atoms with E-state index in [0.29, 0.717) is 5.92 Å². The second kappa shape index (κ2) is 7.07. The molecule has 0 bridgehead atoms. The van der Waals surface area contributed by atoms with Crippen LogP contribution in [0.3, 0.4) is 0 Å². The molecule has 1 rings (SSSR count). The van der Waals surface area contributed by atoms with Gasteiger partial charge in [-0.1, -0.05) is 39.7 Å². The van der Waals surface area contributed by atoms with Crippen LogP contribution >= 0.6 is 0 Å². The standard InChI is InChI=1S/C12H23BO2/c1-4-5-7-12(10-11(2)3)13-14-8-6-9-15-13/h10-11H,4-9H2,1-3H3/b12-10-. The minimum Gasteiger partial charge on any atom is -0.407 e. The Morgan fingerprint density at radius 3 is 2.53 bits per heavy atom. The van der Waals surface area contributed by atoms with E-state index in [-0.39, 0.29) is 7.12 Å². The lowest BCUT2D eigenvalue weighted by molar-refractivity contribution is 0.139. The van der Waals surface area contributed by atoms with Crippen LogP contribution in [0.5, 0.6) is 0 Å². The van der Waals surface area contributed by atoms with E-state index in [1.807, 2.05) is 0 Å². The quantitative estimate of drug-likeness (QED) is 0.648. The van der Waals surface area contributed by atoms with Crippen molar-refractivity contribution < 1.29 is 9.31 Å². The highest BCUT2D eigenvalue weighted by atomic mass is 16.6. The van der Waals surface area contributed by atoms with E-state index in [2.05, 4.69) is 26.8 Å². The van der Waals surface area contributed by atoms with Crippen molar-refractivity contribution in [2.45, 2.75) is 46.5 Å². The van der Waals surface area contributed by atoms with Crippen LogP contribution in [0.4, 0.5) is 0 Å². The molecule has 2 nitrogen and oxygen atoms in total. The lowest BCUT2D eigenvalue weighted by atomic mass is 9.73. The van der Waals surface area contributed by atoms with Crippen molar-refractivity contribution in [1.29, 1.82) is 0 Å². The molecule has 1 saturated heterocycles. The van der Waals surface area contributed by atoms with Crippen molar-refractivity contribution in [3.8, 4) is 0 Å². The molecule has 86 valence electrons. The van der Waals surface area contributed by atoms with Crippen molar-refractivity contribution in [2.75, 3.05) is 13.2 Å². The Morgan fingerprint density at radius 2 is 2.00 bits per heavy atom. The van der Waals surface area contributed by atoms with E-state index < -0.39 is 0 Å². The summed E-state index contributed by atoms with van der Waals surface area (Å²) in [7, 11) is -0.0623. The molecule has 0 saturated carbocycles. The van der Waals surface area contributed by atoms with Crippen molar-refractivity contribution in [1.82, 2.24) is 0 Å². The molecule has 0 N–H and O–H groups in total. The van der Waals surface area contributed by atoms with E-state index >= 15 is 0 Å². The highest BCUT2D eigenvalue weighted by molar-refractivity contribution is 6.53. The molecule has 1 fully saturated rings. The van der Waals surface area contributed by atoms with Crippen LogP contribution in [0.1, 0.15) is 46.5 Å². The summed E-state index contributed by atoms with van der Waals surface area (Å²) in [5.74, 6) is 0.575. The third-order valence-electron chi connectivity index (χ3n) is 2.50. The lowest BCUT2D eigenvalue weighted by Crippen LogP contribution is -2.32. The number of hydrogen-bond acceptors (Lipinski definition) is 2. The monoisotopic (exact) mass is 210 g/mol. The Morgan fingerprint density at radius 1 is 1.33 bits per heavy atom. The van der Waals surface area contributed by atoms with Gasteiger partial charge in [0.25, 0.3) is 0 Å². The molecule has 3 heteroatoms. The maximum Gasteiger partial charge on any atom is 0.489 e. The second-order valence-electron chi connectivity index (χ2n) is 4.52. The van der Waals surface area contributed by atoms with Gasteiger partial charge in [-0.2, -0.15) is 0 Å². The number of allylic oxidation sites excluding steroid dienone is 2. The molecule has 0 spiro atoms. The fourth-order valence-corrected chi connectivity index (χ4v) is 1.79. The predicted octanol–water partition coefficient (Wildman–Crippen LogP) is 3.22. The molecule has 1 aliphatic rings. The zero-order chi connectivity index (χ0) is 11.1. The van der Waals surface area contributed by atoms with Crippen LogP contribution in [0.2, 0.25) is 0 Å². The first-order chi connectivity index (χ1) is 7.24. The van der Waals surface area contributed by atoms with Crippen molar-refractivity contribution >= 4 is 7.12 Å². The summed E-state index contributed by atoms with van der Waals surface area (Å²) in [6, 6.07) is 0. The highest BCUT2D eigenvalue weighted by Crippen LogP contribution is 2.18. The molecule has 0 radical (unpaired) electrons. The van der Waals surface area contributed by atoms with E-state index in [0.717, 1.165) is 26.1 Å². The Labute approximate surface area is 94.2 Å². The summed E-state index contributed by atoms with van der Waals surface area (Å²) in [6.45, 7) is 8.30. The number of hydrogen-bond donors (Lipinski definition) is 0. The van der Waals surface area contributed by atoms with Gasteiger partial charge in [0.1, 0.15) is 0 Å². The van der Waals surface area contributed by atoms with Crippen LogP contribution < -0.4 is 0 Å². The van der Waals surface area contributed by atoms with E-state index in [9.17, 15) is 0 Å². The van der Waals surface area contributed by atoms with Gasteiger partial charge < -0.3 is 9.31 Å². The van der Waals surface area contributed by atoms with Crippen LogP contribution in [-0.2, 0) is 9.31 Å². The average Bonchev–Trinajstić information content (AvgIpc) is 2.25. The Hall–Kier alpha value is -0.275. The highest BCUT2D eigenvalue weighted by Gasteiger charge is 2.26. The van der Waals surface area contributed by atoms with Gasteiger partial charge in [0.2, 0.25) is 0 Å². The average molecular weight is 210 g/mol. The summed E-state index contributed by atoms with van der Waals surface area (Å²) >= 11 is 0. The smallest absolute Gasteiger partial charge is 0.407 e. The van der Waals surface area contributed by atoms with E-state index in [4.69, 9.17) is 9.31 Å². The fourth-order valence-electron chi connectivity index (χ4n) is 1.79. The summed E-state index contributed by atoms with van der Waals surface area (Å²) in [5, 5.41) is 0. The largest absolute Gasteiger partial charge is 0.489 e. The first-order valence-electron chi connectivity index (χ1n) is 6.17. The van der Waals surface area contributed by atoms with Crippen LogP contribution in [0.15, 0.2) is 11.5 Å². The molecule has 15 heavy (non-hydrogen) atoms. The molecule has 0 aromatic carbocycles. The first kappa shape index (κ1) is 12.8. The van der Waals surface area contributed by atoms with Crippen molar-refractivity contribution in [3.63, 3.8) is 0 Å².